The molecule has 194 valence electrons. The molecule has 3 aliphatic heterocycles. The Kier molecular flexibility index (Phi) is 5.81. The highest BCUT2D eigenvalue weighted by Gasteiger charge is 2.48. The van der Waals surface area contributed by atoms with Crippen LogP contribution in [-0.2, 0) is 14.3 Å². The van der Waals surface area contributed by atoms with Gasteiger partial charge in [-0.15, -0.1) is 0 Å². The second kappa shape index (κ2) is 9.36. The molecule has 5 heterocycles. The van der Waals surface area contributed by atoms with E-state index in [-0.39, 0.29) is 36.7 Å². The fourth-order valence-corrected chi connectivity index (χ4v) is 5.74. The highest BCUT2D eigenvalue weighted by Crippen LogP contribution is 2.33. The van der Waals surface area contributed by atoms with Gasteiger partial charge in [0.2, 0.25) is 5.91 Å². The summed E-state index contributed by atoms with van der Waals surface area (Å²) in [6, 6.07) is 18.3. The molecule has 10 heteroatoms. The topological polar surface area (TPSA) is 119 Å². The van der Waals surface area contributed by atoms with E-state index in [9.17, 15) is 9.90 Å². The second-order valence-electron chi connectivity index (χ2n) is 9.88. The zero-order valence-corrected chi connectivity index (χ0v) is 21.0. The maximum atomic E-state index is 12.0. The van der Waals surface area contributed by atoms with E-state index in [0.717, 1.165) is 35.2 Å². The van der Waals surface area contributed by atoms with Gasteiger partial charge in [0.05, 0.1) is 35.4 Å². The first kappa shape index (κ1) is 23.6. The number of hydrogen-bond donors (Lipinski definition) is 3. The summed E-state index contributed by atoms with van der Waals surface area (Å²) in [6.45, 7) is 1.28. The minimum atomic E-state index is -0.641. The number of nitrogens with zero attached hydrogens (tertiary/aromatic N) is 2. The van der Waals surface area contributed by atoms with Gasteiger partial charge >= 0.3 is 0 Å². The van der Waals surface area contributed by atoms with E-state index in [0.29, 0.717) is 34.5 Å². The number of benzene rings is 2. The lowest BCUT2D eigenvalue weighted by molar-refractivity contribution is -0.120. The van der Waals surface area contributed by atoms with E-state index in [1.807, 2.05) is 48.5 Å². The molecule has 0 spiro atoms. The number of aliphatic hydroxyl groups excluding tert-OH is 1. The number of nitrogens with one attached hydrogen (secondary N) is 2. The molecule has 38 heavy (non-hydrogen) atoms. The minimum Gasteiger partial charge on any atom is -0.456 e. The molecule has 2 aromatic heterocycles. The van der Waals surface area contributed by atoms with Crippen LogP contribution in [0, 0.1) is 0 Å². The molecule has 3 saturated heterocycles. The Morgan fingerprint density at radius 1 is 0.947 bits per heavy atom. The van der Waals surface area contributed by atoms with Crippen LogP contribution < -0.4 is 10.1 Å². The van der Waals surface area contributed by atoms with Crippen molar-refractivity contribution in [1.29, 1.82) is 0 Å². The molecule has 3 aliphatic rings. The van der Waals surface area contributed by atoms with Gasteiger partial charge in [0.15, 0.2) is 11.8 Å². The number of aromatic amines is 1. The number of hydrogen-bond acceptors (Lipinski definition) is 7. The SMILES string of the molecule is O=C1NCCC1c1ccc(-c2ccc(-c3nc4nc(O[C@@H]5CO[C@H]6[C@@H]5OC[C@H]6O)[nH]c4cc3Cl)cc2)cc1. The molecule has 0 saturated carbocycles. The van der Waals surface area contributed by atoms with E-state index in [2.05, 4.69) is 20.3 Å². The number of ether oxygens (including phenoxy) is 3. The van der Waals surface area contributed by atoms with Crippen LogP contribution in [0.25, 0.3) is 33.5 Å². The number of H-pyrrole nitrogens is 1. The van der Waals surface area contributed by atoms with Gasteiger partial charge < -0.3 is 29.6 Å². The first-order valence-electron chi connectivity index (χ1n) is 12.7. The molecule has 7 rings (SSSR count). The summed E-state index contributed by atoms with van der Waals surface area (Å²) in [4.78, 5) is 24.3. The Morgan fingerprint density at radius 3 is 2.39 bits per heavy atom. The van der Waals surface area contributed by atoms with Crippen molar-refractivity contribution in [3.63, 3.8) is 0 Å². The number of fused-ring (bicyclic) bond motifs is 2. The van der Waals surface area contributed by atoms with Crippen LogP contribution in [0.5, 0.6) is 6.01 Å². The average molecular weight is 533 g/mol. The predicted octanol–water partition coefficient (Wildman–Crippen LogP) is 3.45. The average Bonchev–Trinajstić information content (AvgIpc) is 3.71. The number of aromatic nitrogens is 3. The molecule has 9 nitrogen and oxygen atoms in total. The van der Waals surface area contributed by atoms with E-state index < -0.39 is 6.10 Å². The van der Waals surface area contributed by atoms with Crippen molar-refractivity contribution in [3.8, 4) is 28.4 Å². The smallest absolute Gasteiger partial charge is 0.296 e. The van der Waals surface area contributed by atoms with Crippen molar-refractivity contribution in [1.82, 2.24) is 20.3 Å². The number of rotatable bonds is 5. The van der Waals surface area contributed by atoms with E-state index >= 15 is 0 Å². The molecule has 5 atom stereocenters. The number of carbonyl (C=O) groups excluding carboxylic acids is 1. The molecule has 1 amide bonds. The normalized spacial score (nSPS) is 26.6. The zero-order chi connectivity index (χ0) is 25.8. The van der Waals surface area contributed by atoms with Gasteiger partial charge in [-0.3, -0.25) is 4.79 Å². The molecular weight excluding hydrogens is 508 g/mol. The lowest BCUT2D eigenvalue weighted by Crippen LogP contribution is -2.34. The first-order valence-corrected chi connectivity index (χ1v) is 13.0. The number of carbonyl (C=O) groups is 1. The summed E-state index contributed by atoms with van der Waals surface area (Å²) in [5.74, 6) is 0.0396. The molecule has 1 unspecified atom stereocenters. The minimum absolute atomic E-state index is 0.0603. The Bertz CT molecular complexity index is 1510. The van der Waals surface area contributed by atoms with Gasteiger partial charge in [-0.25, -0.2) is 4.98 Å². The standard InChI is InChI=1S/C28H25ClN4O5/c29-19-11-20-26(33-28(31-20)38-22-13-37-24-21(34)12-36-25(22)24)32-23(19)17-7-3-15(4-8-17)14-1-5-16(6-2-14)18-9-10-30-27(18)35/h1-8,11,18,21-22,24-25,34H,9-10,12-13H2,(H,30,35)(H,31,32,33)/t18?,21-,22-,24-,25-/m1/s1. The zero-order valence-electron chi connectivity index (χ0n) is 20.3. The Balaban J connectivity index is 1.10. The van der Waals surface area contributed by atoms with Crippen LogP contribution >= 0.6 is 11.6 Å². The summed E-state index contributed by atoms with van der Waals surface area (Å²) in [5.41, 5.74) is 5.80. The van der Waals surface area contributed by atoms with Gasteiger partial charge in [0, 0.05) is 12.1 Å². The van der Waals surface area contributed by atoms with Crippen molar-refractivity contribution >= 4 is 28.7 Å². The Hall–Kier alpha value is -3.50. The third-order valence-corrected chi connectivity index (χ3v) is 7.79. The summed E-state index contributed by atoms with van der Waals surface area (Å²) in [7, 11) is 0. The summed E-state index contributed by atoms with van der Waals surface area (Å²) in [6.07, 6.45) is -0.883. The fourth-order valence-electron chi connectivity index (χ4n) is 5.48. The highest BCUT2D eigenvalue weighted by atomic mass is 35.5. The van der Waals surface area contributed by atoms with Crippen LogP contribution in [0.3, 0.4) is 0 Å². The maximum absolute atomic E-state index is 12.0. The van der Waals surface area contributed by atoms with E-state index in [1.54, 1.807) is 6.07 Å². The van der Waals surface area contributed by atoms with Gasteiger partial charge in [0.1, 0.15) is 18.3 Å². The largest absolute Gasteiger partial charge is 0.456 e. The number of halogens is 1. The third-order valence-electron chi connectivity index (χ3n) is 7.50. The molecule has 2 aromatic carbocycles. The molecule has 0 bridgehead atoms. The summed E-state index contributed by atoms with van der Waals surface area (Å²) in [5, 5.41) is 13.3. The molecule has 3 fully saturated rings. The van der Waals surface area contributed by atoms with E-state index in [1.165, 1.54) is 0 Å². The molecule has 0 aliphatic carbocycles. The van der Waals surface area contributed by atoms with Crippen LogP contribution in [0.4, 0.5) is 0 Å². The summed E-state index contributed by atoms with van der Waals surface area (Å²) >= 11 is 6.60. The maximum Gasteiger partial charge on any atom is 0.296 e. The molecule has 4 aromatic rings. The Labute approximate surface area is 223 Å². The van der Waals surface area contributed by atoms with Crippen LogP contribution in [0.2, 0.25) is 5.02 Å². The molecule has 3 N–H and O–H groups in total. The van der Waals surface area contributed by atoms with Gasteiger partial charge in [-0.1, -0.05) is 60.1 Å². The number of pyridine rings is 1. The highest BCUT2D eigenvalue weighted by molar-refractivity contribution is 6.33. The summed E-state index contributed by atoms with van der Waals surface area (Å²) < 4.78 is 17.2. The van der Waals surface area contributed by atoms with Gasteiger partial charge in [-0.2, -0.15) is 4.98 Å². The molecular formula is C28H25ClN4O5. The van der Waals surface area contributed by atoms with Crippen LogP contribution in [0.15, 0.2) is 54.6 Å². The monoisotopic (exact) mass is 532 g/mol. The Morgan fingerprint density at radius 2 is 1.66 bits per heavy atom. The van der Waals surface area contributed by atoms with Crippen molar-refractivity contribution in [3.05, 3.63) is 65.2 Å². The quantitative estimate of drug-likeness (QED) is 0.360. The predicted molar refractivity (Wildman–Crippen MR) is 140 cm³/mol. The third kappa shape index (κ3) is 4.12. The fraction of sp³-hybridized carbons (Fsp3) is 0.321. The number of amides is 1. The molecule has 0 radical (unpaired) electrons. The van der Waals surface area contributed by atoms with Gasteiger partial charge in [0.25, 0.3) is 6.01 Å². The van der Waals surface area contributed by atoms with Crippen molar-refractivity contribution < 1.29 is 24.1 Å². The van der Waals surface area contributed by atoms with Crippen LogP contribution in [-0.4, -0.2) is 70.1 Å². The van der Waals surface area contributed by atoms with Gasteiger partial charge in [-0.05, 0) is 29.2 Å². The number of imidazole rings is 1. The van der Waals surface area contributed by atoms with Crippen LogP contribution in [0.1, 0.15) is 17.9 Å². The lowest BCUT2D eigenvalue weighted by atomic mass is 9.95. The second-order valence-corrected chi connectivity index (χ2v) is 10.3. The lowest BCUT2D eigenvalue weighted by Gasteiger charge is -2.15. The van der Waals surface area contributed by atoms with E-state index in [4.69, 9.17) is 25.8 Å². The van der Waals surface area contributed by atoms with Crippen molar-refractivity contribution in [2.75, 3.05) is 19.8 Å². The van der Waals surface area contributed by atoms with Crippen molar-refractivity contribution in [2.45, 2.75) is 36.8 Å². The first-order chi connectivity index (χ1) is 18.5. The van der Waals surface area contributed by atoms with Crippen molar-refractivity contribution in [2.24, 2.45) is 0 Å². The number of aliphatic hydroxyl groups is 1.